The van der Waals surface area contributed by atoms with Gasteiger partial charge in [0.15, 0.2) is 0 Å². The number of rotatable bonds is 2. The van der Waals surface area contributed by atoms with Crippen molar-refractivity contribution >= 4 is 5.82 Å². The van der Waals surface area contributed by atoms with E-state index in [2.05, 4.69) is 4.98 Å². The molecule has 0 fully saturated rings. The van der Waals surface area contributed by atoms with Gasteiger partial charge in [-0.15, -0.1) is 0 Å². The minimum atomic E-state index is -0.224. The molecule has 1 heterocycles. The number of hydrogen-bond acceptors (Lipinski definition) is 2. The lowest BCUT2D eigenvalue weighted by Crippen LogP contribution is -1.97. The lowest BCUT2D eigenvalue weighted by Gasteiger charge is -2.04. The molecule has 0 aliphatic rings. The monoisotopic (exact) mass is 202 g/mol. The second-order valence-corrected chi connectivity index (χ2v) is 3.35. The summed E-state index contributed by atoms with van der Waals surface area (Å²) in [5.74, 6) is 0.305. The Bertz CT molecular complexity index is 451. The van der Waals surface area contributed by atoms with E-state index in [-0.39, 0.29) is 5.82 Å². The Labute approximate surface area is 87.6 Å². The van der Waals surface area contributed by atoms with Crippen molar-refractivity contribution in [1.29, 1.82) is 0 Å². The largest absolute Gasteiger partial charge is 0.383 e. The molecule has 0 atom stereocenters. The molecule has 2 N–H and O–H groups in total. The van der Waals surface area contributed by atoms with Crippen LogP contribution in [0.15, 0.2) is 42.6 Å². The zero-order valence-electron chi connectivity index (χ0n) is 8.15. The molecule has 1 aromatic carbocycles. The van der Waals surface area contributed by atoms with Gasteiger partial charge in [0.05, 0.1) is 0 Å². The summed E-state index contributed by atoms with van der Waals surface area (Å²) in [4.78, 5) is 4.00. The van der Waals surface area contributed by atoms with Crippen LogP contribution >= 0.6 is 0 Å². The van der Waals surface area contributed by atoms with Crippen molar-refractivity contribution in [3.05, 3.63) is 59.5 Å². The number of nitrogen functional groups attached to an aromatic ring is 1. The SMILES string of the molecule is Nc1ncccc1Cc1ccc(F)cc1. The summed E-state index contributed by atoms with van der Waals surface area (Å²) in [5.41, 5.74) is 7.70. The molecule has 76 valence electrons. The average molecular weight is 202 g/mol. The molecule has 0 aliphatic heterocycles. The number of halogens is 1. The first-order chi connectivity index (χ1) is 7.25. The molecular formula is C12H11FN2. The highest BCUT2D eigenvalue weighted by molar-refractivity contribution is 5.41. The van der Waals surface area contributed by atoms with E-state index in [0.29, 0.717) is 12.2 Å². The number of aromatic nitrogens is 1. The number of anilines is 1. The van der Waals surface area contributed by atoms with Crippen molar-refractivity contribution < 1.29 is 4.39 Å². The fraction of sp³-hybridized carbons (Fsp3) is 0.0833. The predicted octanol–water partition coefficient (Wildman–Crippen LogP) is 2.39. The van der Waals surface area contributed by atoms with Crippen LogP contribution in [0.1, 0.15) is 11.1 Å². The lowest BCUT2D eigenvalue weighted by atomic mass is 10.1. The molecule has 3 heteroatoms. The molecule has 0 unspecified atom stereocenters. The molecule has 0 aliphatic carbocycles. The van der Waals surface area contributed by atoms with E-state index in [1.54, 1.807) is 18.3 Å². The van der Waals surface area contributed by atoms with Crippen molar-refractivity contribution in [2.45, 2.75) is 6.42 Å². The van der Waals surface area contributed by atoms with Crippen molar-refractivity contribution in [2.24, 2.45) is 0 Å². The Hall–Kier alpha value is -1.90. The van der Waals surface area contributed by atoms with Crippen LogP contribution in [0.3, 0.4) is 0 Å². The zero-order chi connectivity index (χ0) is 10.7. The summed E-state index contributed by atoms with van der Waals surface area (Å²) in [6, 6.07) is 10.2. The Morgan fingerprint density at radius 3 is 2.53 bits per heavy atom. The number of benzene rings is 1. The maximum Gasteiger partial charge on any atom is 0.126 e. The fourth-order valence-corrected chi connectivity index (χ4v) is 1.42. The molecule has 0 amide bonds. The van der Waals surface area contributed by atoms with Crippen molar-refractivity contribution in [2.75, 3.05) is 5.73 Å². The van der Waals surface area contributed by atoms with Gasteiger partial charge >= 0.3 is 0 Å². The first-order valence-corrected chi connectivity index (χ1v) is 4.69. The van der Waals surface area contributed by atoms with Gasteiger partial charge in [-0.1, -0.05) is 18.2 Å². The van der Waals surface area contributed by atoms with Crippen LogP contribution in [0.25, 0.3) is 0 Å². The van der Waals surface area contributed by atoms with Gasteiger partial charge in [0.25, 0.3) is 0 Å². The Morgan fingerprint density at radius 1 is 1.13 bits per heavy atom. The zero-order valence-corrected chi connectivity index (χ0v) is 8.15. The van der Waals surface area contributed by atoms with Crippen LogP contribution < -0.4 is 5.73 Å². The molecule has 0 radical (unpaired) electrons. The van der Waals surface area contributed by atoms with Gasteiger partial charge in [0, 0.05) is 12.6 Å². The predicted molar refractivity (Wildman–Crippen MR) is 57.9 cm³/mol. The maximum atomic E-state index is 12.7. The summed E-state index contributed by atoms with van der Waals surface area (Å²) in [6.07, 6.45) is 2.34. The third kappa shape index (κ3) is 2.31. The Morgan fingerprint density at radius 2 is 1.87 bits per heavy atom. The summed E-state index contributed by atoms with van der Waals surface area (Å²) in [5, 5.41) is 0. The minimum absolute atomic E-state index is 0.224. The van der Waals surface area contributed by atoms with Crippen LogP contribution in [0.4, 0.5) is 10.2 Å². The smallest absolute Gasteiger partial charge is 0.126 e. The highest BCUT2D eigenvalue weighted by Crippen LogP contribution is 2.13. The fourth-order valence-electron chi connectivity index (χ4n) is 1.42. The molecule has 1 aromatic heterocycles. The first kappa shape index (κ1) is 9.65. The summed E-state index contributed by atoms with van der Waals surface area (Å²) in [6.45, 7) is 0. The molecule has 0 bridgehead atoms. The van der Waals surface area contributed by atoms with Gasteiger partial charge in [0.1, 0.15) is 11.6 Å². The molecule has 15 heavy (non-hydrogen) atoms. The number of nitrogens with two attached hydrogens (primary N) is 1. The maximum absolute atomic E-state index is 12.7. The van der Waals surface area contributed by atoms with Gasteiger partial charge in [0.2, 0.25) is 0 Å². The number of pyridine rings is 1. The molecule has 0 saturated heterocycles. The summed E-state index contributed by atoms with van der Waals surface area (Å²) < 4.78 is 12.7. The van der Waals surface area contributed by atoms with Gasteiger partial charge < -0.3 is 5.73 Å². The van der Waals surface area contributed by atoms with E-state index in [1.165, 1.54) is 12.1 Å². The Kier molecular flexibility index (Phi) is 2.63. The third-order valence-electron chi connectivity index (χ3n) is 2.23. The molecule has 0 saturated carbocycles. The van der Waals surface area contributed by atoms with Crippen molar-refractivity contribution in [3.63, 3.8) is 0 Å². The van der Waals surface area contributed by atoms with E-state index in [4.69, 9.17) is 5.73 Å². The van der Waals surface area contributed by atoms with Crippen LogP contribution in [-0.4, -0.2) is 4.98 Å². The van der Waals surface area contributed by atoms with E-state index in [0.717, 1.165) is 11.1 Å². The molecular weight excluding hydrogens is 191 g/mol. The number of hydrogen-bond donors (Lipinski definition) is 1. The van der Waals surface area contributed by atoms with E-state index in [9.17, 15) is 4.39 Å². The van der Waals surface area contributed by atoms with E-state index in [1.807, 2.05) is 12.1 Å². The molecule has 0 spiro atoms. The van der Waals surface area contributed by atoms with Gasteiger partial charge in [-0.05, 0) is 29.3 Å². The van der Waals surface area contributed by atoms with Crippen molar-refractivity contribution in [1.82, 2.24) is 4.98 Å². The van der Waals surface area contributed by atoms with Gasteiger partial charge in [-0.2, -0.15) is 0 Å². The second-order valence-electron chi connectivity index (χ2n) is 3.35. The standard InChI is InChI=1S/C12H11FN2/c13-11-5-3-9(4-6-11)8-10-2-1-7-15-12(10)14/h1-7H,8H2,(H2,14,15). The molecule has 2 nitrogen and oxygen atoms in total. The van der Waals surface area contributed by atoms with Crippen LogP contribution in [0.2, 0.25) is 0 Å². The third-order valence-corrected chi connectivity index (χ3v) is 2.23. The average Bonchev–Trinajstić information content (AvgIpc) is 2.25. The quantitative estimate of drug-likeness (QED) is 0.812. The van der Waals surface area contributed by atoms with Crippen molar-refractivity contribution in [3.8, 4) is 0 Å². The van der Waals surface area contributed by atoms with Gasteiger partial charge in [-0.3, -0.25) is 0 Å². The van der Waals surface area contributed by atoms with Crippen LogP contribution in [-0.2, 0) is 6.42 Å². The molecule has 2 aromatic rings. The van der Waals surface area contributed by atoms with Crippen LogP contribution in [0, 0.1) is 5.82 Å². The topological polar surface area (TPSA) is 38.9 Å². The first-order valence-electron chi connectivity index (χ1n) is 4.69. The van der Waals surface area contributed by atoms with E-state index < -0.39 is 0 Å². The minimum Gasteiger partial charge on any atom is -0.383 e. The molecule has 2 rings (SSSR count). The highest BCUT2D eigenvalue weighted by Gasteiger charge is 2.00. The number of nitrogens with zero attached hydrogens (tertiary/aromatic N) is 1. The second kappa shape index (κ2) is 4.09. The normalized spacial score (nSPS) is 10.2. The summed E-state index contributed by atoms with van der Waals surface area (Å²) >= 11 is 0. The lowest BCUT2D eigenvalue weighted by molar-refractivity contribution is 0.627. The van der Waals surface area contributed by atoms with Gasteiger partial charge in [-0.25, -0.2) is 9.37 Å². The highest BCUT2D eigenvalue weighted by atomic mass is 19.1. The van der Waals surface area contributed by atoms with E-state index >= 15 is 0 Å². The van der Waals surface area contributed by atoms with Crippen LogP contribution in [0.5, 0.6) is 0 Å². The Balaban J connectivity index is 2.22. The summed E-state index contributed by atoms with van der Waals surface area (Å²) in [7, 11) is 0.